The molecule has 0 bridgehead atoms. The third kappa shape index (κ3) is 1.90. The van der Waals surface area contributed by atoms with Crippen molar-refractivity contribution in [1.29, 1.82) is 0 Å². The molecule has 0 spiro atoms. The van der Waals surface area contributed by atoms with E-state index in [9.17, 15) is 9.18 Å². The first-order valence-electron chi connectivity index (χ1n) is 4.97. The first-order valence-corrected chi connectivity index (χ1v) is 5.37. The van der Waals surface area contributed by atoms with Gasteiger partial charge in [0.05, 0.1) is 6.54 Å². The number of rotatable bonds is 3. The molecule has 1 aliphatic heterocycles. The van der Waals surface area contributed by atoms with E-state index in [4.69, 9.17) is 12.2 Å². The van der Waals surface area contributed by atoms with Crippen LogP contribution in [0.25, 0.3) is 0 Å². The SMILES string of the molecule is O=C1[C@H](c2ccccc2)NC(=S)N1CCF. The molecule has 1 saturated heterocycles. The van der Waals surface area contributed by atoms with Crippen molar-refractivity contribution in [2.75, 3.05) is 13.2 Å². The highest BCUT2D eigenvalue weighted by molar-refractivity contribution is 7.80. The standard InChI is InChI=1S/C11H11FN2OS/c12-6-7-14-10(15)9(13-11(14)16)8-4-2-1-3-5-8/h1-5,9H,6-7H2,(H,13,16)/t9-/m0/s1. The molecule has 0 radical (unpaired) electrons. The molecule has 0 saturated carbocycles. The maximum atomic E-state index is 12.2. The summed E-state index contributed by atoms with van der Waals surface area (Å²) in [7, 11) is 0. The molecule has 84 valence electrons. The van der Waals surface area contributed by atoms with Gasteiger partial charge in [0.2, 0.25) is 0 Å². The fourth-order valence-corrected chi connectivity index (χ4v) is 1.99. The van der Waals surface area contributed by atoms with Crippen molar-refractivity contribution < 1.29 is 9.18 Å². The summed E-state index contributed by atoms with van der Waals surface area (Å²) in [6, 6.07) is 8.80. The maximum absolute atomic E-state index is 12.2. The molecule has 0 aliphatic carbocycles. The summed E-state index contributed by atoms with van der Waals surface area (Å²) in [6.45, 7) is -0.566. The molecule has 0 unspecified atom stereocenters. The van der Waals surface area contributed by atoms with Crippen LogP contribution in [0, 0.1) is 0 Å². The molecule has 1 amide bonds. The Morgan fingerprint density at radius 2 is 2.06 bits per heavy atom. The van der Waals surface area contributed by atoms with Crippen LogP contribution in [0.4, 0.5) is 4.39 Å². The monoisotopic (exact) mass is 238 g/mol. The van der Waals surface area contributed by atoms with Crippen LogP contribution in [-0.2, 0) is 4.79 Å². The number of thiocarbonyl (C=S) groups is 1. The Bertz CT molecular complexity index is 410. The minimum atomic E-state index is -0.588. The summed E-state index contributed by atoms with van der Waals surface area (Å²) >= 11 is 4.99. The van der Waals surface area contributed by atoms with Gasteiger partial charge in [-0.05, 0) is 17.8 Å². The van der Waals surface area contributed by atoms with Crippen molar-refractivity contribution in [3.05, 3.63) is 35.9 Å². The quantitative estimate of drug-likeness (QED) is 0.808. The summed E-state index contributed by atoms with van der Waals surface area (Å²) in [5.41, 5.74) is 0.844. The van der Waals surface area contributed by atoms with Crippen molar-refractivity contribution in [3.8, 4) is 0 Å². The summed E-state index contributed by atoms with van der Waals surface area (Å²) in [4.78, 5) is 13.2. The van der Waals surface area contributed by atoms with Crippen molar-refractivity contribution in [3.63, 3.8) is 0 Å². The van der Waals surface area contributed by atoms with Crippen molar-refractivity contribution >= 4 is 23.2 Å². The number of benzene rings is 1. The Balaban J connectivity index is 2.21. The Morgan fingerprint density at radius 1 is 1.38 bits per heavy atom. The summed E-state index contributed by atoms with van der Waals surface area (Å²) < 4.78 is 12.2. The number of hydrogen-bond donors (Lipinski definition) is 1. The predicted octanol–water partition coefficient (Wildman–Crippen LogP) is 1.41. The van der Waals surface area contributed by atoms with Gasteiger partial charge >= 0.3 is 0 Å². The van der Waals surface area contributed by atoms with Gasteiger partial charge in [-0.2, -0.15) is 0 Å². The molecule has 2 rings (SSSR count). The topological polar surface area (TPSA) is 32.3 Å². The predicted molar refractivity (Wildman–Crippen MR) is 62.6 cm³/mol. The van der Waals surface area contributed by atoms with Gasteiger partial charge in [0.15, 0.2) is 5.11 Å². The highest BCUT2D eigenvalue weighted by Crippen LogP contribution is 2.21. The first kappa shape index (κ1) is 11.0. The number of nitrogens with one attached hydrogen (secondary N) is 1. The molecule has 1 N–H and O–H groups in total. The lowest BCUT2D eigenvalue weighted by atomic mass is 10.1. The van der Waals surface area contributed by atoms with Crippen LogP contribution in [0.1, 0.15) is 11.6 Å². The highest BCUT2D eigenvalue weighted by atomic mass is 32.1. The normalized spacial score (nSPS) is 20.1. The van der Waals surface area contributed by atoms with Crippen LogP contribution in [0.2, 0.25) is 0 Å². The number of carbonyl (C=O) groups is 1. The summed E-state index contributed by atoms with van der Waals surface area (Å²) in [5, 5.41) is 3.20. The van der Waals surface area contributed by atoms with Crippen LogP contribution >= 0.6 is 12.2 Å². The average molecular weight is 238 g/mol. The molecule has 1 heterocycles. The lowest BCUT2D eigenvalue weighted by Gasteiger charge is -2.11. The van der Waals surface area contributed by atoms with E-state index in [1.165, 1.54) is 4.90 Å². The van der Waals surface area contributed by atoms with Crippen LogP contribution in [0.15, 0.2) is 30.3 Å². The van der Waals surface area contributed by atoms with Crippen LogP contribution in [0.5, 0.6) is 0 Å². The molecule has 1 aliphatic rings. The third-order valence-electron chi connectivity index (χ3n) is 2.47. The highest BCUT2D eigenvalue weighted by Gasteiger charge is 2.35. The molecule has 1 aromatic carbocycles. The van der Waals surface area contributed by atoms with E-state index >= 15 is 0 Å². The fraction of sp³-hybridized carbons (Fsp3) is 0.273. The molecule has 5 heteroatoms. The van der Waals surface area contributed by atoms with Gasteiger partial charge in [-0.1, -0.05) is 30.3 Å². The van der Waals surface area contributed by atoms with E-state index in [2.05, 4.69) is 5.32 Å². The fourth-order valence-electron chi connectivity index (χ4n) is 1.69. The van der Waals surface area contributed by atoms with E-state index in [1.54, 1.807) is 0 Å². The first-order chi connectivity index (χ1) is 7.74. The van der Waals surface area contributed by atoms with Crippen molar-refractivity contribution in [2.24, 2.45) is 0 Å². The largest absolute Gasteiger partial charge is 0.347 e. The minimum absolute atomic E-state index is 0.0218. The lowest BCUT2D eigenvalue weighted by Crippen LogP contribution is -2.32. The van der Waals surface area contributed by atoms with Gasteiger partial charge in [-0.25, -0.2) is 4.39 Å². The van der Waals surface area contributed by atoms with Gasteiger partial charge in [0.25, 0.3) is 5.91 Å². The number of nitrogens with zero attached hydrogens (tertiary/aromatic N) is 1. The van der Waals surface area contributed by atoms with Gasteiger partial charge < -0.3 is 5.32 Å². The molecule has 3 nitrogen and oxygen atoms in total. The zero-order valence-electron chi connectivity index (χ0n) is 8.52. The van der Waals surface area contributed by atoms with Gasteiger partial charge in [-0.15, -0.1) is 0 Å². The molecule has 1 atom stereocenters. The lowest BCUT2D eigenvalue weighted by molar-refractivity contribution is -0.127. The zero-order valence-corrected chi connectivity index (χ0v) is 9.34. The van der Waals surface area contributed by atoms with Crippen LogP contribution in [0.3, 0.4) is 0 Å². The minimum Gasteiger partial charge on any atom is -0.347 e. The molecule has 16 heavy (non-hydrogen) atoms. The van der Waals surface area contributed by atoms with E-state index in [0.29, 0.717) is 5.11 Å². The smallest absolute Gasteiger partial charge is 0.256 e. The van der Waals surface area contributed by atoms with Gasteiger partial charge in [-0.3, -0.25) is 9.69 Å². The second-order valence-electron chi connectivity index (χ2n) is 3.47. The Morgan fingerprint density at radius 3 is 2.69 bits per heavy atom. The van der Waals surface area contributed by atoms with E-state index < -0.39 is 12.7 Å². The van der Waals surface area contributed by atoms with E-state index in [1.807, 2.05) is 30.3 Å². The van der Waals surface area contributed by atoms with E-state index in [-0.39, 0.29) is 12.5 Å². The number of amides is 1. The van der Waals surface area contributed by atoms with Crippen LogP contribution < -0.4 is 5.32 Å². The number of carbonyl (C=O) groups excluding carboxylic acids is 1. The molecular weight excluding hydrogens is 227 g/mol. The number of alkyl halides is 1. The van der Waals surface area contributed by atoms with E-state index in [0.717, 1.165) is 5.56 Å². The van der Waals surface area contributed by atoms with Crippen molar-refractivity contribution in [1.82, 2.24) is 10.2 Å². The zero-order chi connectivity index (χ0) is 11.5. The second kappa shape index (κ2) is 4.57. The molecular formula is C11H11FN2OS. The van der Waals surface area contributed by atoms with Crippen LogP contribution in [-0.4, -0.2) is 29.1 Å². The number of hydrogen-bond acceptors (Lipinski definition) is 2. The van der Waals surface area contributed by atoms with Gasteiger partial charge in [0.1, 0.15) is 12.7 Å². The van der Waals surface area contributed by atoms with Gasteiger partial charge in [0, 0.05) is 0 Å². The Kier molecular flexibility index (Phi) is 3.14. The maximum Gasteiger partial charge on any atom is 0.256 e. The number of halogens is 1. The van der Waals surface area contributed by atoms with Crippen molar-refractivity contribution in [2.45, 2.75) is 6.04 Å². The third-order valence-corrected chi connectivity index (χ3v) is 2.81. The Labute approximate surface area is 98.2 Å². The summed E-state index contributed by atoms with van der Waals surface area (Å²) in [5.74, 6) is -0.186. The second-order valence-corrected chi connectivity index (χ2v) is 3.86. The molecule has 1 fully saturated rings. The average Bonchev–Trinajstić information content (AvgIpc) is 2.59. The Hall–Kier alpha value is -1.49. The molecule has 1 aromatic rings. The summed E-state index contributed by atoms with van der Waals surface area (Å²) in [6.07, 6.45) is 0. The molecule has 0 aromatic heterocycles.